The van der Waals surface area contributed by atoms with Gasteiger partial charge in [0.2, 0.25) is 5.91 Å². The van der Waals surface area contributed by atoms with Crippen LogP contribution in [0.4, 0.5) is 5.69 Å². The van der Waals surface area contributed by atoms with E-state index < -0.39 is 0 Å². The van der Waals surface area contributed by atoms with Crippen molar-refractivity contribution >= 4 is 27.5 Å². The number of rotatable bonds is 8. The Bertz CT molecular complexity index is 499. The van der Waals surface area contributed by atoms with Crippen molar-refractivity contribution in [3.63, 3.8) is 0 Å². The second kappa shape index (κ2) is 10.1. The maximum absolute atomic E-state index is 12.0. The van der Waals surface area contributed by atoms with Crippen molar-refractivity contribution in [2.45, 2.75) is 26.4 Å². The lowest BCUT2D eigenvalue weighted by molar-refractivity contribution is -0.116. The summed E-state index contributed by atoms with van der Waals surface area (Å²) in [6.07, 6.45) is 0.836. The van der Waals surface area contributed by atoms with Crippen molar-refractivity contribution in [1.29, 1.82) is 0 Å². The number of hydrogen-bond donors (Lipinski definition) is 1. The Balaban J connectivity index is 1.60. The smallest absolute Gasteiger partial charge is 0.225 e. The molecule has 0 bridgehead atoms. The molecule has 1 aromatic carbocycles. The second-order valence-corrected chi connectivity index (χ2v) is 7.32. The van der Waals surface area contributed by atoms with E-state index in [0.717, 1.165) is 56.0 Å². The molecule has 0 unspecified atom stereocenters. The van der Waals surface area contributed by atoms with Crippen LogP contribution in [0.25, 0.3) is 0 Å². The second-order valence-electron chi connectivity index (χ2n) is 6.41. The lowest BCUT2D eigenvalue weighted by Gasteiger charge is -2.34. The Labute approximate surface area is 153 Å². The van der Waals surface area contributed by atoms with Crippen LogP contribution in [-0.2, 0) is 9.53 Å². The first-order valence-corrected chi connectivity index (χ1v) is 9.44. The monoisotopic (exact) mass is 397 g/mol. The third-order valence-electron chi connectivity index (χ3n) is 4.11. The Morgan fingerprint density at radius 1 is 1.12 bits per heavy atom. The first-order valence-electron chi connectivity index (χ1n) is 8.64. The summed E-state index contributed by atoms with van der Waals surface area (Å²) in [5, 5.41) is 2.94. The number of carbonyl (C=O) groups is 1. The average molecular weight is 398 g/mol. The van der Waals surface area contributed by atoms with E-state index in [9.17, 15) is 4.79 Å². The molecule has 1 saturated heterocycles. The van der Waals surface area contributed by atoms with Crippen LogP contribution in [0, 0.1) is 0 Å². The topological polar surface area (TPSA) is 44.8 Å². The number of hydrogen-bond acceptors (Lipinski definition) is 4. The number of carbonyl (C=O) groups excluding carboxylic acids is 1. The van der Waals surface area contributed by atoms with E-state index >= 15 is 0 Å². The lowest BCUT2D eigenvalue weighted by Crippen LogP contribution is -2.47. The Hall–Kier alpha value is -0.950. The highest BCUT2D eigenvalue weighted by Crippen LogP contribution is 2.14. The molecular weight excluding hydrogens is 370 g/mol. The fourth-order valence-electron chi connectivity index (χ4n) is 2.67. The predicted molar refractivity (Wildman–Crippen MR) is 101 cm³/mol. The highest BCUT2D eigenvalue weighted by molar-refractivity contribution is 9.10. The first-order chi connectivity index (χ1) is 11.5. The van der Waals surface area contributed by atoms with Crippen LogP contribution < -0.4 is 5.32 Å². The third-order valence-corrected chi connectivity index (χ3v) is 4.64. The van der Waals surface area contributed by atoms with E-state index in [4.69, 9.17) is 4.74 Å². The maximum Gasteiger partial charge on any atom is 0.225 e. The van der Waals surface area contributed by atoms with Crippen LogP contribution in [-0.4, -0.2) is 67.7 Å². The predicted octanol–water partition coefficient (Wildman–Crippen LogP) is 2.82. The minimum Gasteiger partial charge on any atom is -0.377 e. The molecule has 2 rings (SSSR count). The van der Waals surface area contributed by atoms with Crippen molar-refractivity contribution in [2.75, 3.05) is 51.2 Å². The van der Waals surface area contributed by atoms with Crippen LogP contribution in [0.2, 0.25) is 0 Å². The SMILES string of the molecule is CC(C)OCCN1CCN(CCC(=O)Nc2ccc(Br)cc2)CC1. The first kappa shape index (κ1) is 19.4. The number of nitrogens with zero attached hydrogens (tertiary/aromatic N) is 2. The summed E-state index contributed by atoms with van der Waals surface area (Å²) in [4.78, 5) is 16.8. The molecule has 0 aliphatic carbocycles. The fraction of sp³-hybridized carbons (Fsp3) is 0.611. The van der Waals surface area contributed by atoms with E-state index in [0.29, 0.717) is 12.5 Å². The highest BCUT2D eigenvalue weighted by Gasteiger charge is 2.17. The van der Waals surface area contributed by atoms with Gasteiger partial charge in [0, 0.05) is 55.8 Å². The molecule has 1 aliphatic rings. The van der Waals surface area contributed by atoms with E-state index in [1.165, 1.54) is 0 Å². The summed E-state index contributed by atoms with van der Waals surface area (Å²) in [7, 11) is 0. The Kier molecular flexibility index (Phi) is 8.18. The van der Waals surface area contributed by atoms with Crippen LogP contribution >= 0.6 is 15.9 Å². The zero-order chi connectivity index (χ0) is 17.4. The number of amides is 1. The van der Waals surface area contributed by atoms with Crippen molar-refractivity contribution in [1.82, 2.24) is 9.80 Å². The molecule has 6 heteroatoms. The average Bonchev–Trinajstić information content (AvgIpc) is 2.56. The van der Waals surface area contributed by atoms with Gasteiger partial charge in [-0.15, -0.1) is 0 Å². The molecule has 0 atom stereocenters. The van der Waals surface area contributed by atoms with Gasteiger partial charge in [0.1, 0.15) is 0 Å². The van der Waals surface area contributed by atoms with Gasteiger partial charge in [-0.2, -0.15) is 0 Å². The molecule has 134 valence electrons. The Morgan fingerprint density at radius 3 is 2.29 bits per heavy atom. The fourth-order valence-corrected chi connectivity index (χ4v) is 2.93. The largest absolute Gasteiger partial charge is 0.377 e. The summed E-state index contributed by atoms with van der Waals surface area (Å²) in [5.41, 5.74) is 0.846. The third kappa shape index (κ3) is 7.30. The van der Waals surface area contributed by atoms with Crippen LogP contribution in [0.1, 0.15) is 20.3 Å². The van der Waals surface area contributed by atoms with Gasteiger partial charge < -0.3 is 15.0 Å². The number of benzene rings is 1. The molecule has 1 heterocycles. The Morgan fingerprint density at radius 2 is 1.71 bits per heavy atom. The van der Waals surface area contributed by atoms with E-state index in [1.807, 2.05) is 24.3 Å². The zero-order valence-corrected chi connectivity index (χ0v) is 16.2. The number of halogens is 1. The normalized spacial score (nSPS) is 16.5. The van der Waals surface area contributed by atoms with E-state index in [-0.39, 0.29) is 5.91 Å². The summed E-state index contributed by atoms with van der Waals surface area (Å²) >= 11 is 3.39. The highest BCUT2D eigenvalue weighted by atomic mass is 79.9. The van der Waals surface area contributed by atoms with Gasteiger partial charge in [-0.1, -0.05) is 15.9 Å². The van der Waals surface area contributed by atoms with Crippen molar-refractivity contribution in [3.8, 4) is 0 Å². The van der Waals surface area contributed by atoms with Gasteiger partial charge in [-0.25, -0.2) is 0 Å². The van der Waals surface area contributed by atoms with Gasteiger partial charge in [0.15, 0.2) is 0 Å². The molecule has 24 heavy (non-hydrogen) atoms. The molecule has 0 radical (unpaired) electrons. The summed E-state index contributed by atoms with van der Waals surface area (Å²) in [6, 6.07) is 7.66. The number of ether oxygens (including phenoxy) is 1. The molecule has 1 amide bonds. The van der Waals surface area contributed by atoms with Crippen LogP contribution in [0.15, 0.2) is 28.7 Å². The van der Waals surface area contributed by atoms with Gasteiger partial charge in [-0.05, 0) is 38.1 Å². The summed E-state index contributed by atoms with van der Waals surface area (Å²) < 4.78 is 6.61. The quantitative estimate of drug-likeness (QED) is 0.732. The minimum atomic E-state index is 0.0742. The molecule has 1 aromatic rings. The van der Waals surface area contributed by atoms with Crippen LogP contribution in [0.3, 0.4) is 0 Å². The van der Waals surface area contributed by atoms with Crippen molar-refractivity contribution in [3.05, 3.63) is 28.7 Å². The van der Waals surface area contributed by atoms with Gasteiger partial charge >= 0.3 is 0 Å². The number of piperazine rings is 1. The zero-order valence-electron chi connectivity index (χ0n) is 14.6. The molecular formula is C18H28BrN3O2. The molecule has 0 spiro atoms. The minimum absolute atomic E-state index is 0.0742. The number of nitrogens with one attached hydrogen (secondary N) is 1. The molecule has 1 N–H and O–H groups in total. The lowest BCUT2D eigenvalue weighted by atomic mass is 10.2. The van der Waals surface area contributed by atoms with Gasteiger partial charge in [0.05, 0.1) is 12.7 Å². The molecule has 1 fully saturated rings. The molecule has 0 aromatic heterocycles. The number of anilines is 1. The van der Waals surface area contributed by atoms with Gasteiger partial charge in [0.25, 0.3) is 0 Å². The molecule has 1 aliphatic heterocycles. The van der Waals surface area contributed by atoms with Crippen LogP contribution in [0.5, 0.6) is 0 Å². The van der Waals surface area contributed by atoms with Crippen molar-refractivity contribution in [2.24, 2.45) is 0 Å². The van der Waals surface area contributed by atoms with E-state index in [1.54, 1.807) is 0 Å². The van der Waals surface area contributed by atoms with Gasteiger partial charge in [-0.3, -0.25) is 9.69 Å². The molecule has 0 saturated carbocycles. The van der Waals surface area contributed by atoms with E-state index in [2.05, 4.69) is 44.9 Å². The summed E-state index contributed by atoms with van der Waals surface area (Å²) in [6.45, 7) is 10.9. The van der Waals surface area contributed by atoms with Crippen molar-refractivity contribution < 1.29 is 9.53 Å². The maximum atomic E-state index is 12.0. The summed E-state index contributed by atoms with van der Waals surface area (Å²) in [5.74, 6) is 0.0742. The molecule has 5 nitrogen and oxygen atoms in total. The standard InChI is InChI=1S/C18H28BrN3O2/c1-15(2)24-14-13-22-11-9-21(10-12-22)8-7-18(23)20-17-5-3-16(19)4-6-17/h3-6,15H,7-14H2,1-2H3,(H,20,23).